The van der Waals surface area contributed by atoms with E-state index in [-0.39, 0.29) is 11.6 Å². The summed E-state index contributed by atoms with van der Waals surface area (Å²) in [5.74, 6) is 0.572. The monoisotopic (exact) mass is 379 g/mol. The summed E-state index contributed by atoms with van der Waals surface area (Å²) in [4.78, 5) is 8.31. The average Bonchev–Trinajstić information content (AvgIpc) is 3.17. The van der Waals surface area contributed by atoms with E-state index in [1.807, 2.05) is 13.8 Å². The molecule has 0 saturated carbocycles. The number of H-pyrrole nitrogens is 1. The molecule has 4 rings (SSSR count). The lowest BCUT2D eigenvalue weighted by molar-refractivity contribution is -0.141. The molecule has 0 radical (unpaired) electrons. The Balaban J connectivity index is 2.06. The molecule has 4 aromatic rings. The molecule has 0 atom stereocenters. The number of rotatable bonds is 2. The van der Waals surface area contributed by atoms with Crippen molar-refractivity contribution >= 4 is 33.7 Å². The van der Waals surface area contributed by atoms with Crippen molar-refractivity contribution in [1.82, 2.24) is 24.7 Å². The first-order valence-corrected chi connectivity index (χ1v) is 8.23. The third-order valence-corrected chi connectivity index (χ3v) is 4.38. The summed E-state index contributed by atoms with van der Waals surface area (Å²) in [6.07, 6.45) is -2.93. The molecule has 3 heterocycles. The normalized spacial score (nSPS) is 12.6. The first-order chi connectivity index (χ1) is 12.3. The van der Waals surface area contributed by atoms with Crippen LogP contribution in [0.15, 0.2) is 30.5 Å². The smallest absolute Gasteiger partial charge is 0.280 e. The molecule has 0 saturated heterocycles. The predicted octanol–water partition coefficient (Wildman–Crippen LogP) is 5.09. The van der Waals surface area contributed by atoms with Crippen LogP contribution in [0, 0.1) is 0 Å². The summed E-state index contributed by atoms with van der Waals surface area (Å²) >= 11 is 6.30. The summed E-state index contributed by atoms with van der Waals surface area (Å²) in [7, 11) is 0. The number of alkyl halides is 3. The Kier molecular flexibility index (Phi) is 3.69. The third kappa shape index (κ3) is 2.61. The van der Waals surface area contributed by atoms with Gasteiger partial charge in [-0.1, -0.05) is 25.4 Å². The second-order valence-electron chi connectivity index (χ2n) is 6.26. The highest BCUT2D eigenvalue weighted by Crippen LogP contribution is 2.33. The van der Waals surface area contributed by atoms with Crippen LogP contribution < -0.4 is 0 Å². The molecule has 0 unspecified atom stereocenters. The molecule has 0 bridgehead atoms. The molecule has 0 aliphatic rings. The van der Waals surface area contributed by atoms with E-state index in [9.17, 15) is 13.2 Å². The second-order valence-corrected chi connectivity index (χ2v) is 6.67. The maximum Gasteiger partial charge on any atom is 0.433 e. The Morgan fingerprint density at radius 1 is 1.15 bits per heavy atom. The zero-order valence-corrected chi connectivity index (χ0v) is 14.5. The molecule has 0 amide bonds. The predicted molar refractivity (Wildman–Crippen MR) is 92.6 cm³/mol. The van der Waals surface area contributed by atoms with Crippen molar-refractivity contribution in [3.63, 3.8) is 0 Å². The molecule has 26 heavy (non-hydrogen) atoms. The fraction of sp³-hybridized carbons (Fsp3) is 0.235. The van der Waals surface area contributed by atoms with Crippen LogP contribution in [0.4, 0.5) is 13.2 Å². The number of benzene rings is 1. The molecule has 5 nitrogen and oxygen atoms in total. The van der Waals surface area contributed by atoms with Gasteiger partial charge in [-0.3, -0.25) is 9.67 Å². The highest BCUT2D eigenvalue weighted by molar-refractivity contribution is 6.35. The number of aromatic amines is 1. The SMILES string of the molecule is CC(C)c1nc2ccc(C(F)(F)F)nc2n1-c1cc(Cl)c2[nH]ncc2c1. The van der Waals surface area contributed by atoms with Crippen molar-refractivity contribution in [1.29, 1.82) is 0 Å². The number of halogens is 4. The fourth-order valence-electron chi connectivity index (χ4n) is 2.90. The summed E-state index contributed by atoms with van der Waals surface area (Å²) in [5.41, 5.74) is 0.821. The topological polar surface area (TPSA) is 59.4 Å². The summed E-state index contributed by atoms with van der Waals surface area (Å²) in [6.45, 7) is 3.83. The number of pyridine rings is 1. The Hall–Kier alpha value is -2.61. The van der Waals surface area contributed by atoms with E-state index >= 15 is 0 Å². The van der Waals surface area contributed by atoms with Crippen molar-refractivity contribution < 1.29 is 13.2 Å². The van der Waals surface area contributed by atoms with Crippen LogP contribution in [0.2, 0.25) is 5.02 Å². The van der Waals surface area contributed by atoms with E-state index in [2.05, 4.69) is 20.2 Å². The van der Waals surface area contributed by atoms with Gasteiger partial charge in [0.25, 0.3) is 0 Å². The molecule has 0 fully saturated rings. The molecule has 0 spiro atoms. The first-order valence-electron chi connectivity index (χ1n) is 7.85. The minimum absolute atomic E-state index is 0.0302. The molecule has 1 aromatic carbocycles. The van der Waals surface area contributed by atoms with Crippen molar-refractivity contribution in [3.05, 3.63) is 47.0 Å². The van der Waals surface area contributed by atoms with Crippen LogP contribution in [0.3, 0.4) is 0 Å². The molecule has 1 N–H and O–H groups in total. The number of imidazole rings is 1. The molecule has 134 valence electrons. The Morgan fingerprint density at radius 2 is 1.92 bits per heavy atom. The average molecular weight is 380 g/mol. The van der Waals surface area contributed by atoms with E-state index in [1.54, 1.807) is 22.9 Å². The number of aromatic nitrogens is 5. The van der Waals surface area contributed by atoms with Gasteiger partial charge >= 0.3 is 6.18 Å². The van der Waals surface area contributed by atoms with Gasteiger partial charge in [0, 0.05) is 11.3 Å². The maximum atomic E-state index is 13.1. The van der Waals surface area contributed by atoms with Crippen LogP contribution in [0.1, 0.15) is 31.3 Å². The van der Waals surface area contributed by atoms with Gasteiger partial charge in [0.1, 0.15) is 17.0 Å². The van der Waals surface area contributed by atoms with Gasteiger partial charge < -0.3 is 0 Å². The second kappa shape index (κ2) is 5.70. The van der Waals surface area contributed by atoms with Crippen molar-refractivity contribution in [2.24, 2.45) is 0 Å². The number of nitrogens with zero attached hydrogens (tertiary/aromatic N) is 4. The number of fused-ring (bicyclic) bond motifs is 2. The Bertz CT molecular complexity index is 1130. The van der Waals surface area contributed by atoms with Crippen molar-refractivity contribution in [3.8, 4) is 5.69 Å². The van der Waals surface area contributed by atoms with E-state index < -0.39 is 11.9 Å². The zero-order valence-electron chi connectivity index (χ0n) is 13.8. The molecule has 0 aliphatic heterocycles. The lowest BCUT2D eigenvalue weighted by Gasteiger charge is -2.12. The van der Waals surface area contributed by atoms with Crippen LogP contribution >= 0.6 is 11.6 Å². The van der Waals surface area contributed by atoms with Crippen LogP contribution in [-0.4, -0.2) is 24.7 Å². The van der Waals surface area contributed by atoms with E-state index in [0.717, 1.165) is 11.5 Å². The van der Waals surface area contributed by atoms with Crippen LogP contribution in [-0.2, 0) is 6.18 Å². The fourth-order valence-corrected chi connectivity index (χ4v) is 3.17. The first kappa shape index (κ1) is 16.8. The van der Waals surface area contributed by atoms with Crippen LogP contribution in [0.5, 0.6) is 0 Å². The Morgan fingerprint density at radius 3 is 2.62 bits per heavy atom. The van der Waals surface area contributed by atoms with Crippen molar-refractivity contribution in [2.45, 2.75) is 25.9 Å². The minimum Gasteiger partial charge on any atom is -0.280 e. The largest absolute Gasteiger partial charge is 0.433 e. The van der Waals surface area contributed by atoms with E-state index in [1.165, 1.54) is 6.07 Å². The molecule has 3 aromatic heterocycles. The van der Waals surface area contributed by atoms with Crippen molar-refractivity contribution in [2.75, 3.05) is 0 Å². The van der Waals surface area contributed by atoms with Gasteiger partial charge in [-0.25, -0.2) is 9.97 Å². The van der Waals surface area contributed by atoms with E-state index in [0.29, 0.717) is 27.6 Å². The van der Waals surface area contributed by atoms with Gasteiger partial charge in [-0.2, -0.15) is 18.3 Å². The number of hydrogen-bond donors (Lipinski definition) is 1. The summed E-state index contributed by atoms with van der Waals surface area (Å²) in [5, 5.41) is 7.91. The van der Waals surface area contributed by atoms with E-state index in [4.69, 9.17) is 11.6 Å². The zero-order chi connectivity index (χ0) is 18.6. The third-order valence-electron chi connectivity index (χ3n) is 4.08. The molecule has 0 aliphatic carbocycles. The van der Waals surface area contributed by atoms with Crippen LogP contribution in [0.25, 0.3) is 27.8 Å². The summed E-state index contributed by atoms with van der Waals surface area (Å²) < 4.78 is 41.0. The Labute approximate surface area is 150 Å². The van der Waals surface area contributed by atoms with Gasteiger partial charge in [0.2, 0.25) is 0 Å². The lowest BCUT2D eigenvalue weighted by Crippen LogP contribution is -2.09. The summed E-state index contributed by atoms with van der Waals surface area (Å²) in [6, 6.07) is 5.73. The number of hydrogen-bond acceptors (Lipinski definition) is 3. The van der Waals surface area contributed by atoms with Gasteiger partial charge in [-0.05, 0) is 24.3 Å². The van der Waals surface area contributed by atoms with Gasteiger partial charge in [0.15, 0.2) is 5.65 Å². The van der Waals surface area contributed by atoms with Gasteiger partial charge in [0.05, 0.1) is 22.4 Å². The number of nitrogens with one attached hydrogen (secondary N) is 1. The highest BCUT2D eigenvalue weighted by atomic mass is 35.5. The maximum absolute atomic E-state index is 13.1. The molecule has 9 heteroatoms. The molecular weight excluding hydrogens is 367 g/mol. The van der Waals surface area contributed by atoms with Gasteiger partial charge in [-0.15, -0.1) is 0 Å². The highest BCUT2D eigenvalue weighted by Gasteiger charge is 2.33. The standard InChI is InChI=1S/C17H13ClF3N5/c1-8(2)15-23-12-3-4-13(17(19,20)21)24-16(12)26(15)10-5-9-7-22-25-14(9)11(18)6-10/h3-8H,1-2H3,(H,22,25). The minimum atomic E-state index is -4.53. The molecular formula is C17H13ClF3N5. The quantitative estimate of drug-likeness (QED) is 0.527. The lowest BCUT2D eigenvalue weighted by atomic mass is 10.2.